The minimum absolute atomic E-state index is 0.147. The van der Waals surface area contributed by atoms with E-state index in [1.165, 1.54) is 0 Å². The lowest BCUT2D eigenvalue weighted by molar-refractivity contribution is -0.119. The maximum absolute atomic E-state index is 13.0. The third kappa shape index (κ3) is 3.25. The Kier molecular flexibility index (Phi) is 3.70. The molecular formula is C13H11FN2O3. The topological polar surface area (TPSA) is 71.9 Å². The average Bonchev–Trinajstić information content (AvgIpc) is 2.37. The van der Waals surface area contributed by atoms with E-state index in [0.717, 1.165) is 16.3 Å². The van der Waals surface area contributed by atoms with Gasteiger partial charge in [-0.15, -0.1) is 0 Å². The van der Waals surface area contributed by atoms with Crippen molar-refractivity contribution in [1.29, 1.82) is 0 Å². The Morgan fingerprint density at radius 1 is 1.21 bits per heavy atom. The third-order valence-corrected chi connectivity index (χ3v) is 2.56. The van der Waals surface area contributed by atoms with Gasteiger partial charge in [0.2, 0.25) is 5.82 Å². The summed E-state index contributed by atoms with van der Waals surface area (Å²) in [6, 6.07) is 9.00. The van der Waals surface area contributed by atoms with Crippen molar-refractivity contribution in [3.63, 3.8) is 0 Å². The molecule has 0 bridgehead atoms. The van der Waals surface area contributed by atoms with Crippen LogP contribution in [0.25, 0.3) is 0 Å². The van der Waals surface area contributed by atoms with Gasteiger partial charge < -0.3 is 0 Å². The normalized spacial score (nSPS) is 10.4. The molecule has 2 rings (SSSR count). The van der Waals surface area contributed by atoms with Crippen molar-refractivity contribution in [1.82, 2.24) is 9.55 Å². The van der Waals surface area contributed by atoms with Crippen LogP contribution in [0.2, 0.25) is 0 Å². The summed E-state index contributed by atoms with van der Waals surface area (Å²) in [6.45, 7) is -0.276. The minimum atomic E-state index is -1.09. The summed E-state index contributed by atoms with van der Waals surface area (Å²) >= 11 is 0. The number of hydrogen-bond donors (Lipinski definition) is 1. The Labute approximate surface area is 107 Å². The molecule has 0 unspecified atom stereocenters. The lowest BCUT2D eigenvalue weighted by atomic mass is 10.1. The zero-order chi connectivity index (χ0) is 13.8. The number of hydrogen-bond acceptors (Lipinski definition) is 3. The summed E-state index contributed by atoms with van der Waals surface area (Å²) in [6.07, 6.45) is 0.887. The molecule has 0 amide bonds. The summed E-state index contributed by atoms with van der Waals surface area (Å²) < 4.78 is 13.9. The number of rotatable bonds is 4. The first-order chi connectivity index (χ1) is 9.06. The van der Waals surface area contributed by atoms with Crippen LogP contribution in [0.4, 0.5) is 4.39 Å². The Balaban J connectivity index is 2.14. The Bertz CT molecular complexity index is 704. The lowest BCUT2D eigenvalue weighted by Gasteiger charge is -2.04. The molecule has 0 spiro atoms. The molecule has 0 radical (unpaired) electrons. The third-order valence-electron chi connectivity index (χ3n) is 2.56. The summed E-state index contributed by atoms with van der Waals surface area (Å²) in [5, 5.41) is 0. The fraction of sp³-hybridized carbons (Fsp3) is 0.154. The number of aromatic amines is 1. The number of ketones is 1. The van der Waals surface area contributed by atoms with Gasteiger partial charge >= 0.3 is 5.69 Å². The van der Waals surface area contributed by atoms with Gasteiger partial charge in [0.25, 0.3) is 5.56 Å². The highest BCUT2D eigenvalue weighted by molar-refractivity contribution is 5.80. The van der Waals surface area contributed by atoms with E-state index < -0.39 is 17.1 Å². The molecule has 0 saturated carbocycles. The second kappa shape index (κ2) is 5.43. The van der Waals surface area contributed by atoms with Crippen molar-refractivity contribution in [3.05, 3.63) is 68.7 Å². The maximum atomic E-state index is 13.0. The highest BCUT2D eigenvalue weighted by Gasteiger charge is 2.08. The van der Waals surface area contributed by atoms with E-state index in [1.807, 2.05) is 6.07 Å². The SMILES string of the molecule is O=C(Cc1ccccc1)Cn1cc(F)c(=O)[nH]c1=O. The van der Waals surface area contributed by atoms with Crippen molar-refractivity contribution in [2.45, 2.75) is 13.0 Å². The number of nitrogens with zero attached hydrogens (tertiary/aromatic N) is 1. The molecule has 0 fully saturated rings. The summed E-state index contributed by atoms with van der Waals surface area (Å²) in [4.78, 5) is 35.8. The number of halogens is 1. The van der Waals surface area contributed by atoms with Gasteiger partial charge in [0, 0.05) is 6.42 Å². The number of benzene rings is 1. The smallest absolute Gasteiger partial charge is 0.297 e. The second-order valence-corrected chi connectivity index (χ2v) is 4.07. The van der Waals surface area contributed by atoms with Crippen molar-refractivity contribution < 1.29 is 9.18 Å². The van der Waals surface area contributed by atoms with Crippen molar-refractivity contribution in [2.75, 3.05) is 0 Å². The Morgan fingerprint density at radius 2 is 1.89 bits per heavy atom. The van der Waals surface area contributed by atoms with Crippen molar-refractivity contribution in [3.8, 4) is 0 Å². The van der Waals surface area contributed by atoms with E-state index in [-0.39, 0.29) is 18.7 Å². The molecule has 0 atom stereocenters. The standard InChI is InChI=1S/C13H11FN2O3/c14-11-8-16(13(19)15-12(11)18)7-10(17)6-9-4-2-1-3-5-9/h1-5,8H,6-7H2,(H,15,18,19). The van der Waals surface area contributed by atoms with Crippen molar-refractivity contribution >= 4 is 5.78 Å². The van der Waals surface area contributed by atoms with Crippen LogP contribution in [0.3, 0.4) is 0 Å². The van der Waals surface area contributed by atoms with Gasteiger partial charge in [0.05, 0.1) is 12.7 Å². The summed E-state index contributed by atoms with van der Waals surface area (Å²) in [5.41, 5.74) is -1.07. The quantitative estimate of drug-likeness (QED) is 0.871. The van der Waals surface area contributed by atoms with Crippen molar-refractivity contribution in [2.24, 2.45) is 0 Å². The van der Waals surface area contributed by atoms with Crippen LogP contribution >= 0.6 is 0 Å². The predicted molar refractivity (Wildman–Crippen MR) is 66.4 cm³/mol. The van der Waals surface area contributed by atoms with E-state index in [0.29, 0.717) is 0 Å². The van der Waals surface area contributed by atoms with E-state index in [9.17, 15) is 18.8 Å². The number of carbonyl (C=O) groups is 1. The summed E-state index contributed by atoms with van der Waals surface area (Å²) in [7, 11) is 0. The first-order valence-corrected chi connectivity index (χ1v) is 5.61. The molecule has 1 heterocycles. The van der Waals surface area contributed by atoms with E-state index in [2.05, 4.69) is 0 Å². The summed E-state index contributed by atoms with van der Waals surface area (Å²) in [5.74, 6) is -1.34. The Hall–Kier alpha value is -2.50. The largest absolute Gasteiger partial charge is 0.328 e. The van der Waals surface area contributed by atoms with Gasteiger partial charge in [0.15, 0.2) is 5.78 Å². The highest BCUT2D eigenvalue weighted by Crippen LogP contribution is 2.00. The fourth-order valence-corrected chi connectivity index (χ4v) is 1.67. The number of Topliss-reactive ketones (excluding diaryl/α,β-unsaturated/α-hetero) is 1. The van der Waals surface area contributed by atoms with Crippen LogP contribution in [-0.4, -0.2) is 15.3 Å². The van der Waals surface area contributed by atoms with Gasteiger partial charge in [-0.1, -0.05) is 30.3 Å². The number of nitrogens with one attached hydrogen (secondary N) is 1. The molecule has 2 aromatic rings. The van der Waals surface area contributed by atoms with Crippen LogP contribution in [0.5, 0.6) is 0 Å². The number of carbonyl (C=O) groups excluding carboxylic acids is 1. The predicted octanol–water partition coefficient (Wildman–Crippen LogP) is 0.487. The van der Waals surface area contributed by atoms with Gasteiger partial charge in [-0.25, -0.2) is 4.79 Å². The second-order valence-electron chi connectivity index (χ2n) is 4.07. The molecule has 1 aromatic heterocycles. The monoisotopic (exact) mass is 262 g/mol. The average molecular weight is 262 g/mol. The first-order valence-electron chi connectivity index (χ1n) is 5.61. The van der Waals surface area contributed by atoms with E-state index in [4.69, 9.17) is 0 Å². The molecule has 0 aliphatic carbocycles. The molecule has 1 aromatic carbocycles. The lowest BCUT2D eigenvalue weighted by Crippen LogP contribution is -2.33. The maximum Gasteiger partial charge on any atom is 0.328 e. The molecular weight excluding hydrogens is 251 g/mol. The van der Waals surface area contributed by atoms with Gasteiger partial charge in [-0.2, -0.15) is 4.39 Å². The molecule has 0 aliphatic rings. The Morgan fingerprint density at radius 3 is 2.58 bits per heavy atom. The van der Waals surface area contributed by atoms with E-state index in [1.54, 1.807) is 29.2 Å². The molecule has 19 heavy (non-hydrogen) atoms. The molecule has 1 N–H and O–H groups in total. The van der Waals surface area contributed by atoms with Gasteiger partial charge in [0.1, 0.15) is 0 Å². The molecule has 0 aliphatic heterocycles. The van der Waals surface area contributed by atoms with Crippen LogP contribution in [0.1, 0.15) is 5.56 Å². The number of H-pyrrole nitrogens is 1. The first kappa shape index (κ1) is 12.9. The highest BCUT2D eigenvalue weighted by atomic mass is 19.1. The zero-order valence-corrected chi connectivity index (χ0v) is 9.93. The van der Waals surface area contributed by atoms with Crippen LogP contribution in [-0.2, 0) is 17.8 Å². The zero-order valence-electron chi connectivity index (χ0n) is 9.93. The minimum Gasteiger partial charge on any atom is -0.297 e. The van der Waals surface area contributed by atoms with E-state index >= 15 is 0 Å². The van der Waals surface area contributed by atoms with Gasteiger partial charge in [-0.3, -0.25) is 19.1 Å². The van der Waals surface area contributed by atoms with Crippen LogP contribution in [0, 0.1) is 5.82 Å². The molecule has 5 nitrogen and oxygen atoms in total. The molecule has 0 saturated heterocycles. The fourth-order valence-electron chi connectivity index (χ4n) is 1.67. The van der Waals surface area contributed by atoms with Crippen LogP contribution < -0.4 is 11.2 Å². The number of aromatic nitrogens is 2. The molecule has 98 valence electrons. The molecule has 6 heteroatoms. The van der Waals surface area contributed by atoms with Crippen LogP contribution in [0.15, 0.2) is 46.1 Å². The van der Waals surface area contributed by atoms with Gasteiger partial charge in [-0.05, 0) is 5.56 Å².